The quantitative estimate of drug-likeness (QED) is 0.777. The second kappa shape index (κ2) is 5.45. The van der Waals surface area contributed by atoms with Gasteiger partial charge < -0.3 is 9.63 Å². The molecule has 0 saturated heterocycles. The van der Waals surface area contributed by atoms with E-state index in [9.17, 15) is 5.11 Å². The molecule has 0 aliphatic heterocycles. The van der Waals surface area contributed by atoms with Gasteiger partial charge in [-0.15, -0.1) is 0 Å². The van der Waals surface area contributed by atoms with Crippen LogP contribution in [0.3, 0.4) is 0 Å². The van der Waals surface area contributed by atoms with Gasteiger partial charge >= 0.3 is 0 Å². The summed E-state index contributed by atoms with van der Waals surface area (Å²) in [6, 6.07) is 6.00. The Kier molecular flexibility index (Phi) is 4.53. The molecule has 78 valence electrons. The summed E-state index contributed by atoms with van der Waals surface area (Å²) in [7, 11) is 2.24. The minimum Gasteiger partial charge on any atom is -0.388 e. The normalized spacial score (nSPS) is 12.9. The summed E-state index contributed by atoms with van der Waals surface area (Å²) in [6.45, 7) is 4.58. The Bertz CT molecular complexity index is 299. The molecule has 0 amide bonds. The van der Waals surface area contributed by atoms with Crippen molar-refractivity contribution in [2.24, 2.45) is 0 Å². The third kappa shape index (κ3) is 2.78. The Balaban J connectivity index is 2.93. The van der Waals surface area contributed by atoms with Crippen molar-refractivity contribution in [2.45, 2.75) is 33.0 Å². The summed E-state index contributed by atoms with van der Waals surface area (Å²) in [5.41, 5.74) is 3.29. The predicted octanol–water partition coefficient (Wildman–Crippen LogP) is 2.75. The van der Waals surface area contributed by atoms with E-state index < -0.39 is 0 Å². The first-order valence-corrected chi connectivity index (χ1v) is 5.25. The highest BCUT2D eigenvalue weighted by molar-refractivity contribution is 7.09. The Morgan fingerprint density at radius 1 is 1.50 bits per heavy atom. The molecule has 0 aromatic heterocycles. The molecule has 0 aliphatic rings. The lowest BCUT2D eigenvalue weighted by Crippen LogP contribution is -1.98. The molecular weight excluding hydrogens is 195 g/mol. The Hall–Kier alpha value is -0.430. The molecule has 2 unspecified atom stereocenters. The Morgan fingerprint density at radius 3 is 2.79 bits per heavy atom. The van der Waals surface area contributed by atoms with Gasteiger partial charge in [0.05, 0.1) is 12.7 Å². The van der Waals surface area contributed by atoms with E-state index in [4.69, 9.17) is 4.52 Å². The maximum absolute atomic E-state index is 9.67. The molecule has 0 spiro atoms. The lowest BCUT2D eigenvalue weighted by molar-refractivity contribution is 0.173. The van der Waals surface area contributed by atoms with Crippen LogP contribution in [-0.4, -0.2) is 5.11 Å². The maximum atomic E-state index is 9.67. The summed E-state index contributed by atoms with van der Waals surface area (Å²) >= 11 is 0. The molecule has 0 bridgehead atoms. The van der Waals surface area contributed by atoms with Crippen LogP contribution in [0.1, 0.15) is 36.1 Å². The molecule has 1 aromatic carbocycles. The molecule has 0 heterocycles. The Labute approximate surface area is 87.6 Å². The van der Waals surface area contributed by atoms with E-state index in [0.29, 0.717) is 6.61 Å². The molecule has 1 aromatic rings. The van der Waals surface area contributed by atoms with Gasteiger partial charge in [0, 0.05) is 9.47 Å². The van der Waals surface area contributed by atoms with E-state index in [1.54, 1.807) is 0 Å². The van der Waals surface area contributed by atoms with Crippen molar-refractivity contribution in [2.75, 3.05) is 0 Å². The molecule has 1 rings (SSSR count). The zero-order chi connectivity index (χ0) is 10.6. The van der Waals surface area contributed by atoms with Crippen molar-refractivity contribution in [1.82, 2.24) is 0 Å². The number of rotatable bonds is 4. The van der Waals surface area contributed by atoms with E-state index in [1.165, 1.54) is 5.56 Å². The first kappa shape index (κ1) is 11.6. The molecule has 2 atom stereocenters. The first-order valence-electron chi connectivity index (χ1n) is 4.78. The van der Waals surface area contributed by atoms with Crippen LogP contribution >= 0.6 is 9.47 Å². The zero-order valence-corrected chi connectivity index (χ0v) is 9.81. The highest BCUT2D eigenvalue weighted by Gasteiger charge is 2.06. The van der Waals surface area contributed by atoms with E-state index >= 15 is 0 Å². The van der Waals surface area contributed by atoms with Gasteiger partial charge in [-0.25, -0.2) is 0 Å². The number of aliphatic hydroxyl groups excluding tert-OH is 1. The molecular formula is C11H17O2P. The third-order valence-corrected chi connectivity index (χ3v) is 2.55. The highest BCUT2D eigenvalue weighted by Crippen LogP contribution is 2.20. The molecule has 14 heavy (non-hydrogen) atoms. The Morgan fingerprint density at radius 2 is 2.21 bits per heavy atom. The fraction of sp³-hybridized carbons (Fsp3) is 0.455. The third-order valence-electron chi connectivity index (χ3n) is 2.38. The standard InChI is InChI=1S/C11H17O2P/c1-3-11(12)9-5-4-8(2)10(6-9)7-13-14/h4-6,11-12H,3,7,14H2,1-2H3. The molecule has 1 N–H and O–H groups in total. The van der Waals surface area contributed by atoms with Gasteiger partial charge in [0.15, 0.2) is 0 Å². The summed E-state index contributed by atoms with van der Waals surface area (Å²) in [4.78, 5) is 0. The van der Waals surface area contributed by atoms with Crippen molar-refractivity contribution in [3.63, 3.8) is 0 Å². The van der Waals surface area contributed by atoms with Crippen molar-refractivity contribution in [3.8, 4) is 0 Å². The number of hydrogen-bond donors (Lipinski definition) is 1. The monoisotopic (exact) mass is 212 g/mol. The highest BCUT2D eigenvalue weighted by atomic mass is 31.0. The molecule has 2 nitrogen and oxygen atoms in total. The maximum Gasteiger partial charge on any atom is 0.0787 e. The average Bonchev–Trinajstić information content (AvgIpc) is 2.20. The lowest BCUT2D eigenvalue weighted by Gasteiger charge is -2.11. The van der Waals surface area contributed by atoms with Gasteiger partial charge in [0.25, 0.3) is 0 Å². The number of aryl methyl sites for hydroxylation is 1. The number of benzene rings is 1. The van der Waals surface area contributed by atoms with Gasteiger partial charge in [0.1, 0.15) is 0 Å². The predicted molar refractivity (Wildman–Crippen MR) is 60.9 cm³/mol. The number of aliphatic hydroxyl groups is 1. The smallest absolute Gasteiger partial charge is 0.0787 e. The van der Waals surface area contributed by atoms with Crippen LogP contribution in [-0.2, 0) is 11.1 Å². The van der Waals surface area contributed by atoms with Crippen molar-refractivity contribution < 1.29 is 9.63 Å². The van der Waals surface area contributed by atoms with E-state index in [2.05, 4.69) is 9.47 Å². The van der Waals surface area contributed by atoms with Gasteiger partial charge in [-0.05, 0) is 30.0 Å². The lowest BCUT2D eigenvalue weighted by atomic mass is 10.0. The summed E-state index contributed by atoms with van der Waals surface area (Å²) in [5, 5.41) is 9.67. The topological polar surface area (TPSA) is 29.5 Å². The second-order valence-electron chi connectivity index (χ2n) is 3.42. The first-order chi connectivity index (χ1) is 6.69. The number of hydrogen-bond acceptors (Lipinski definition) is 2. The van der Waals surface area contributed by atoms with Crippen LogP contribution in [0.2, 0.25) is 0 Å². The van der Waals surface area contributed by atoms with Crippen LogP contribution < -0.4 is 0 Å². The van der Waals surface area contributed by atoms with Crippen molar-refractivity contribution >= 4 is 9.47 Å². The average molecular weight is 212 g/mol. The van der Waals surface area contributed by atoms with Crippen LogP contribution in [0.25, 0.3) is 0 Å². The molecule has 0 radical (unpaired) electrons. The van der Waals surface area contributed by atoms with E-state index in [-0.39, 0.29) is 6.10 Å². The molecule has 3 heteroatoms. The minimum absolute atomic E-state index is 0.362. The SMILES string of the molecule is CCC(O)c1ccc(C)c(COP)c1. The van der Waals surface area contributed by atoms with Crippen LogP contribution in [0.15, 0.2) is 18.2 Å². The van der Waals surface area contributed by atoms with Gasteiger partial charge in [-0.3, -0.25) is 0 Å². The van der Waals surface area contributed by atoms with Gasteiger partial charge in [-0.2, -0.15) is 0 Å². The summed E-state index contributed by atoms with van der Waals surface area (Å²) in [5.74, 6) is 0. The molecule has 0 aliphatic carbocycles. The van der Waals surface area contributed by atoms with Crippen LogP contribution in [0.4, 0.5) is 0 Å². The van der Waals surface area contributed by atoms with E-state index in [1.807, 2.05) is 32.0 Å². The van der Waals surface area contributed by atoms with Gasteiger partial charge in [0.2, 0.25) is 0 Å². The van der Waals surface area contributed by atoms with E-state index in [0.717, 1.165) is 17.5 Å². The minimum atomic E-state index is -0.362. The fourth-order valence-corrected chi connectivity index (χ4v) is 1.56. The largest absolute Gasteiger partial charge is 0.388 e. The van der Waals surface area contributed by atoms with Crippen LogP contribution in [0, 0.1) is 6.92 Å². The fourth-order valence-electron chi connectivity index (χ4n) is 1.38. The zero-order valence-electron chi connectivity index (χ0n) is 8.66. The summed E-state index contributed by atoms with van der Waals surface area (Å²) in [6.07, 6.45) is 0.378. The van der Waals surface area contributed by atoms with Crippen LogP contribution in [0.5, 0.6) is 0 Å². The van der Waals surface area contributed by atoms with Gasteiger partial charge in [-0.1, -0.05) is 25.1 Å². The second-order valence-corrected chi connectivity index (χ2v) is 3.75. The van der Waals surface area contributed by atoms with Crippen molar-refractivity contribution in [3.05, 3.63) is 34.9 Å². The molecule has 0 saturated carbocycles. The summed E-state index contributed by atoms with van der Waals surface area (Å²) < 4.78 is 5.01. The van der Waals surface area contributed by atoms with Crippen molar-refractivity contribution in [1.29, 1.82) is 0 Å². The molecule has 0 fully saturated rings.